The lowest BCUT2D eigenvalue weighted by molar-refractivity contribution is -0.277. The molecular formula is C21H22O8. The van der Waals surface area contributed by atoms with Crippen LogP contribution in [0.15, 0.2) is 54.6 Å². The number of benzene rings is 2. The number of para-hydroxylation sites is 1. The Hall–Kier alpha value is -2.75. The summed E-state index contributed by atoms with van der Waals surface area (Å²) in [5.41, 5.74) is 0.890. The molecule has 3 rings (SSSR count). The Balaban J connectivity index is 1.64. The molecule has 0 aromatic heterocycles. The highest BCUT2D eigenvalue weighted by Crippen LogP contribution is 2.25. The Morgan fingerprint density at radius 2 is 1.69 bits per heavy atom. The van der Waals surface area contributed by atoms with Gasteiger partial charge in [-0.1, -0.05) is 30.3 Å². The Kier molecular flexibility index (Phi) is 6.63. The van der Waals surface area contributed by atoms with Crippen molar-refractivity contribution in [2.75, 3.05) is 6.61 Å². The number of carbonyl (C=O) groups is 1. The van der Waals surface area contributed by atoms with E-state index in [4.69, 9.17) is 9.47 Å². The van der Waals surface area contributed by atoms with Crippen LogP contribution in [0.25, 0.3) is 6.08 Å². The zero-order valence-corrected chi connectivity index (χ0v) is 15.3. The Bertz CT molecular complexity index is 861. The quantitative estimate of drug-likeness (QED) is 0.347. The molecule has 1 saturated heterocycles. The fourth-order valence-corrected chi connectivity index (χ4v) is 2.90. The molecule has 8 heteroatoms. The third-order valence-electron chi connectivity index (χ3n) is 4.58. The zero-order chi connectivity index (χ0) is 21.0. The molecule has 154 valence electrons. The molecule has 29 heavy (non-hydrogen) atoms. The normalized spacial score (nSPS) is 27.1. The van der Waals surface area contributed by atoms with Crippen LogP contribution in [0, 0.1) is 0 Å². The van der Waals surface area contributed by atoms with Gasteiger partial charge in [0.2, 0.25) is 6.29 Å². The topological polar surface area (TPSA) is 137 Å². The van der Waals surface area contributed by atoms with Gasteiger partial charge >= 0.3 is 0 Å². The number of phenols is 1. The number of ketones is 1. The number of carbonyl (C=O) groups excluding carboxylic acids is 1. The fourth-order valence-electron chi connectivity index (χ4n) is 2.90. The van der Waals surface area contributed by atoms with Crippen LogP contribution in [0.5, 0.6) is 11.5 Å². The maximum Gasteiger partial charge on any atom is 0.229 e. The first-order valence-electron chi connectivity index (χ1n) is 8.98. The van der Waals surface area contributed by atoms with Gasteiger partial charge in [-0.3, -0.25) is 4.79 Å². The lowest BCUT2D eigenvalue weighted by Crippen LogP contribution is -2.60. The molecule has 2 aromatic carbocycles. The van der Waals surface area contributed by atoms with E-state index in [0.717, 1.165) is 0 Å². The molecule has 2 aromatic rings. The number of hydrogen-bond donors (Lipinski definition) is 5. The maximum atomic E-state index is 12.1. The van der Waals surface area contributed by atoms with Crippen molar-refractivity contribution < 1.29 is 39.8 Å². The van der Waals surface area contributed by atoms with Gasteiger partial charge in [-0.05, 0) is 35.9 Å². The number of aliphatic hydroxyl groups is 4. The molecule has 0 bridgehead atoms. The lowest BCUT2D eigenvalue weighted by Gasteiger charge is -2.39. The van der Waals surface area contributed by atoms with Crippen LogP contribution in [0.3, 0.4) is 0 Å². The van der Waals surface area contributed by atoms with Crippen molar-refractivity contribution in [1.82, 2.24) is 0 Å². The van der Waals surface area contributed by atoms with Gasteiger partial charge in [0, 0.05) is 0 Å². The summed E-state index contributed by atoms with van der Waals surface area (Å²) < 4.78 is 10.8. The summed E-state index contributed by atoms with van der Waals surface area (Å²) in [4.78, 5) is 12.1. The molecule has 1 fully saturated rings. The highest BCUT2D eigenvalue weighted by molar-refractivity contribution is 6.08. The largest absolute Gasteiger partial charge is 0.507 e. The minimum absolute atomic E-state index is 0.0922. The number of aliphatic hydroxyl groups excluding tert-OH is 4. The average Bonchev–Trinajstić information content (AvgIpc) is 2.73. The fraction of sp³-hybridized carbons (Fsp3) is 0.286. The number of allylic oxidation sites excluding steroid dienone is 1. The summed E-state index contributed by atoms with van der Waals surface area (Å²) in [6.45, 7) is -0.542. The lowest BCUT2D eigenvalue weighted by atomic mass is 9.99. The zero-order valence-electron chi connectivity index (χ0n) is 15.3. The number of rotatable bonds is 6. The van der Waals surface area contributed by atoms with E-state index in [9.17, 15) is 30.3 Å². The van der Waals surface area contributed by atoms with Crippen LogP contribution in [-0.2, 0) is 4.74 Å². The molecule has 1 aliphatic heterocycles. The molecule has 0 aliphatic carbocycles. The molecule has 8 nitrogen and oxygen atoms in total. The van der Waals surface area contributed by atoms with Gasteiger partial charge in [-0.2, -0.15) is 0 Å². The van der Waals surface area contributed by atoms with Gasteiger partial charge in [-0.25, -0.2) is 0 Å². The van der Waals surface area contributed by atoms with E-state index in [1.54, 1.807) is 42.5 Å². The van der Waals surface area contributed by atoms with E-state index in [0.29, 0.717) is 11.3 Å². The first-order valence-corrected chi connectivity index (χ1v) is 8.98. The number of hydrogen-bond acceptors (Lipinski definition) is 8. The van der Waals surface area contributed by atoms with Crippen molar-refractivity contribution in [3.8, 4) is 11.5 Å². The third-order valence-corrected chi connectivity index (χ3v) is 4.58. The summed E-state index contributed by atoms with van der Waals surface area (Å²) >= 11 is 0. The summed E-state index contributed by atoms with van der Waals surface area (Å²) in [5.74, 6) is -0.117. The highest BCUT2D eigenvalue weighted by atomic mass is 16.7. The minimum Gasteiger partial charge on any atom is -0.507 e. The predicted octanol–water partition coefficient (Wildman–Crippen LogP) is 0.467. The molecular weight excluding hydrogens is 380 g/mol. The molecule has 1 aliphatic rings. The van der Waals surface area contributed by atoms with Crippen LogP contribution in [0.2, 0.25) is 0 Å². The van der Waals surface area contributed by atoms with E-state index in [1.165, 1.54) is 18.2 Å². The molecule has 0 amide bonds. The second-order valence-corrected chi connectivity index (χ2v) is 6.60. The van der Waals surface area contributed by atoms with Crippen molar-refractivity contribution in [2.45, 2.75) is 30.7 Å². The van der Waals surface area contributed by atoms with E-state index >= 15 is 0 Å². The second kappa shape index (κ2) is 9.17. The van der Waals surface area contributed by atoms with Crippen molar-refractivity contribution in [3.05, 3.63) is 65.7 Å². The average molecular weight is 402 g/mol. The smallest absolute Gasteiger partial charge is 0.229 e. The first kappa shape index (κ1) is 21.0. The monoisotopic (exact) mass is 402 g/mol. The Morgan fingerprint density at radius 3 is 2.34 bits per heavy atom. The first-order chi connectivity index (χ1) is 13.9. The number of phenolic OH excluding ortho intramolecular Hbond substituents is 1. The van der Waals surface area contributed by atoms with Crippen LogP contribution in [0.1, 0.15) is 15.9 Å². The van der Waals surface area contributed by atoms with Crippen LogP contribution < -0.4 is 4.74 Å². The minimum atomic E-state index is -1.52. The standard InChI is InChI=1S/C21H22O8/c22-11-17-18(25)19(26)20(27)21(29-17)28-13-8-5-12(6-9-13)7-10-16(24)14-3-1-2-4-15(14)23/h1-10,17-23,25-27H,11H2/b10-7+/t17-,18-,19+,20-,21-/m1/s1. The summed E-state index contributed by atoms with van der Waals surface area (Å²) in [6, 6.07) is 12.7. The van der Waals surface area contributed by atoms with Crippen molar-refractivity contribution in [3.63, 3.8) is 0 Å². The molecule has 0 saturated carbocycles. The van der Waals surface area contributed by atoms with Gasteiger partial charge in [0.15, 0.2) is 5.78 Å². The van der Waals surface area contributed by atoms with Crippen LogP contribution in [0.4, 0.5) is 0 Å². The number of aromatic hydroxyl groups is 1. The second-order valence-electron chi connectivity index (χ2n) is 6.60. The molecule has 5 N–H and O–H groups in total. The van der Waals surface area contributed by atoms with E-state index in [2.05, 4.69) is 0 Å². The maximum absolute atomic E-state index is 12.1. The third kappa shape index (κ3) is 4.81. The number of ether oxygens (including phenoxy) is 2. The van der Waals surface area contributed by atoms with E-state index in [1.807, 2.05) is 0 Å². The van der Waals surface area contributed by atoms with Crippen LogP contribution >= 0.6 is 0 Å². The van der Waals surface area contributed by atoms with E-state index in [-0.39, 0.29) is 17.1 Å². The molecule has 5 atom stereocenters. The molecule has 0 unspecified atom stereocenters. The molecule has 1 heterocycles. The predicted molar refractivity (Wildman–Crippen MR) is 102 cm³/mol. The molecule has 0 spiro atoms. The Morgan fingerprint density at radius 1 is 1.00 bits per heavy atom. The van der Waals surface area contributed by atoms with Gasteiger partial charge in [-0.15, -0.1) is 0 Å². The SMILES string of the molecule is O=C(/C=C/c1ccc(O[C@@H]2O[C@H](CO)[C@@H](O)[C@H](O)[C@H]2O)cc1)c1ccccc1O. The Labute approximate surface area is 166 Å². The van der Waals surface area contributed by atoms with Crippen molar-refractivity contribution in [1.29, 1.82) is 0 Å². The summed E-state index contributed by atoms with van der Waals surface area (Å²) in [7, 11) is 0. The van der Waals surface area contributed by atoms with Gasteiger partial charge in [0.1, 0.15) is 35.9 Å². The van der Waals surface area contributed by atoms with Gasteiger partial charge in [0.05, 0.1) is 12.2 Å². The van der Waals surface area contributed by atoms with Crippen LogP contribution in [-0.4, -0.2) is 68.6 Å². The van der Waals surface area contributed by atoms with Crippen molar-refractivity contribution in [2.24, 2.45) is 0 Å². The van der Waals surface area contributed by atoms with E-state index < -0.39 is 37.3 Å². The van der Waals surface area contributed by atoms with Gasteiger partial charge in [0.25, 0.3) is 0 Å². The van der Waals surface area contributed by atoms with Crippen molar-refractivity contribution >= 4 is 11.9 Å². The summed E-state index contributed by atoms with van der Waals surface area (Å²) in [6.07, 6.45) is -3.88. The highest BCUT2D eigenvalue weighted by Gasteiger charge is 2.44. The summed E-state index contributed by atoms with van der Waals surface area (Å²) in [5, 5.41) is 48.5. The molecule has 0 radical (unpaired) electrons. The van der Waals surface area contributed by atoms with Gasteiger partial charge < -0.3 is 35.0 Å².